The number of carbonyl (C=O) groups is 1. The molecular weight excluding hydrogens is 316 g/mol. The lowest BCUT2D eigenvalue weighted by Crippen LogP contribution is -2.32. The highest BCUT2D eigenvalue weighted by Crippen LogP contribution is 2.21. The molecule has 6 heteroatoms. The Bertz CT molecular complexity index is 674. The van der Waals surface area contributed by atoms with E-state index >= 15 is 0 Å². The van der Waals surface area contributed by atoms with Gasteiger partial charge in [-0.25, -0.2) is 4.79 Å². The molecule has 5 nitrogen and oxygen atoms in total. The van der Waals surface area contributed by atoms with Gasteiger partial charge in [0.2, 0.25) is 0 Å². The van der Waals surface area contributed by atoms with Crippen LogP contribution in [0.1, 0.15) is 17.2 Å². The monoisotopic (exact) mass is 334 g/mol. The van der Waals surface area contributed by atoms with E-state index in [0.29, 0.717) is 16.3 Å². The van der Waals surface area contributed by atoms with Crippen LogP contribution in [0, 0.1) is 6.92 Å². The summed E-state index contributed by atoms with van der Waals surface area (Å²) in [5.74, 6) is 0.728. The lowest BCUT2D eigenvalue weighted by molar-refractivity contribution is 0.175. The fourth-order valence-electron chi connectivity index (χ4n) is 2.06. The van der Waals surface area contributed by atoms with Crippen molar-refractivity contribution < 1.29 is 14.6 Å². The summed E-state index contributed by atoms with van der Waals surface area (Å²) in [5.41, 5.74) is 2.26. The molecule has 0 aromatic heterocycles. The van der Waals surface area contributed by atoms with Gasteiger partial charge in [-0.3, -0.25) is 0 Å². The molecular formula is C17H19ClN2O3. The summed E-state index contributed by atoms with van der Waals surface area (Å²) in [6.45, 7) is 1.98. The van der Waals surface area contributed by atoms with Crippen LogP contribution < -0.4 is 15.4 Å². The molecule has 0 fully saturated rings. The third kappa shape index (κ3) is 4.87. The summed E-state index contributed by atoms with van der Waals surface area (Å²) in [5, 5.41) is 16.0. The zero-order chi connectivity index (χ0) is 16.8. The number of ether oxygens (including phenoxy) is 1. The topological polar surface area (TPSA) is 70.6 Å². The Morgan fingerprint density at radius 3 is 2.57 bits per heavy atom. The molecule has 0 saturated carbocycles. The number of urea groups is 1. The largest absolute Gasteiger partial charge is 0.497 e. The highest BCUT2D eigenvalue weighted by molar-refractivity contribution is 6.30. The maximum atomic E-state index is 11.9. The Balaban J connectivity index is 1.88. The van der Waals surface area contributed by atoms with Gasteiger partial charge in [-0.2, -0.15) is 0 Å². The lowest BCUT2D eigenvalue weighted by atomic mass is 10.1. The molecule has 2 aromatic carbocycles. The van der Waals surface area contributed by atoms with Gasteiger partial charge in [0.1, 0.15) is 5.75 Å². The number of aryl methyl sites for hydroxylation is 1. The first-order valence-corrected chi connectivity index (χ1v) is 7.50. The van der Waals surface area contributed by atoms with Crippen LogP contribution in [0.15, 0.2) is 42.5 Å². The fraction of sp³-hybridized carbons (Fsp3) is 0.235. The molecule has 2 amide bonds. The predicted octanol–water partition coefficient (Wildman–Crippen LogP) is 3.51. The van der Waals surface area contributed by atoms with Crippen molar-refractivity contribution in [2.24, 2.45) is 0 Å². The van der Waals surface area contributed by atoms with Gasteiger partial charge in [0, 0.05) is 17.3 Å². The number of nitrogens with one attached hydrogen (secondary N) is 2. The van der Waals surface area contributed by atoms with Gasteiger partial charge in [0.15, 0.2) is 0 Å². The molecule has 0 spiro atoms. The summed E-state index contributed by atoms with van der Waals surface area (Å²) in [6, 6.07) is 11.8. The number of aliphatic hydroxyl groups is 1. The van der Waals surface area contributed by atoms with Gasteiger partial charge in [0.25, 0.3) is 0 Å². The average Bonchev–Trinajstić information content (AvgIpc) is 2.55. The van der Waals surface area contributed by atoms with Gasteiger partial charge >= 0.3 is 6.03 Å². The number of methoxy groups -OCH3 is 1. The average molecular weight is 335 g/mol. The third-order valence-corrected chi connectivity index (χ3v) is 3.64. The van der Waals surface area contributed by atoms with Crippen molar-refractivity contribution in [2.75, 3.05) is 19.0 Å². The number of benzene rings is 2. The number of anilines is 1. The first kappa shape index (κ1) is 17.1. The molecule has 23 heavy (non-hydrogen) atoms. The molecule has 1 atom stereocenters. The minimum atomic E-state index is -0.796. The van der Waals surface area contributed by atoms with E-state index in [1.807, 2.05) is 13.0 Å². The van der Waals surface area contributed by atoms with E-state index in [9.17, 15) is 9.90 Å². The Kier molecular flexibility index (Phi) is 5.84. The van der Waals surface area contributed by atoms with Crippen molar-refractivity contribution in [2.45, 2.75) is 13.0 Å². The van der Waals surface area contributed by atoms with E-state index in [4.69, 9.17) is 16.3 Å². The van der Waals surface area contributed by atoms with Crippen LogP contribution in [-0.2, 0) is 0 Å². The molecule has 2 aromatic rings. The summed E-state index contributed by atoms with van der Waals surface area (Å²) < 4.78 is 5.12. The van der Waals surface area contributed by atoms with E-state index < -0.39 is 6.10 Å². The van der Waals surface area contributed by atoms with E-state index in [-0.39, 0.29) is 12.6 Å². The number of carbonyl (C=O) groups excluding carboxylic acids is 1. The van der Waals surface area contributed by atoms with Crippen LogP contribution in [-0.4, -0.2) is 24.8 Å². The Morgan fingerprint density at radius 2 is 1.96 bits per heavy atom. The number of rotatable bonds is 5. The first-order valence-electron chi connectivity index (χ1n) is 7.12. The maximum absolute atomic E-state index is 11.9. The third-order valence-electron chi connectivity index (χ3n) is 3.39. The molecule has 0 radical (unpaired) electrons. The molecule has 0 aliphatic heterocycles. The zero-order valence-corrected chi connectivity index (χ0v) is 13.7. The van der Waals surface area contributed by atoms with Crippen molar-refractivity contribution in [3.05, 3.63) is 58.6 Å². The number of hydrogen-bond donors (Lipinski definition) is 3. The molecule has 0 saturated heterocycles. The molecule has 0 bridgehead atoms. The van der Waals surface area contributed by atoms with Crippen molar-refractivity contribution >= 4 is 23.3 Å². The lowest BCUT2D eigenvalue weighted by Gasteiger charge is -2.14. The quantitative estimate of drug-likeness (QED) is 0.783. The number of hydrogen-bond acceptors (Lipinski definition) is 3. The smallest absolute Gasteiger partial charge is 0.319 e. The molecule has 0 aliphatic carbocycles. The van der Waals surface area contributed by atoms with Crippen molar-refractivity contribution in [1.29, 1.82) is 0 Å². The Labute approximate surface area is 140 Å². The van der Waals surface area contributed by atoms with Gasteiger partial charge < -0.3 is 20.5 Å². The highest BCUT2D eigenvalue weighted by atomic mass is 35.5. The van der Waals surface area contributed by atoms with E-state index in [0.717, 1.165) is 11.3 Å². The van der Waals surface area contributed by atoms with Crippen LogP contribution in [0.25, 0.3) is 0 Å². The standard InChI is InChI=1S/C17H19ClN2O3/c1-11-9-14(23-2)7-8-15(11)20-17(22)19-10-16(21)12-3-5-13(18)6-4-12/h3-9,16,21H,10H2,1-2H3,(H2,19,20,22). The number of amides is 2. The van der Waals surface area contributed by atoms with Crippen LogP contribution in [0.3, 0.4) is 0 Å². The minimum Gasteiger partial charge on any atom is -0.497 e. The maximum Gasteiger partial charge on any atom is 0.319 e. The minimum absolute atomic E-state index is 0.0999. The Hall–Kier alpha value is -2.24. The second kappa shape index (κ2) is 7.85. The normalized spacial score (nSPS) is 11.7. The number of halogens is 1. The molecule has 1 unspecified atom stereocenters. The molecule has 0 aliphatic rings. The first-order chi connectivity index (χ1) is 11.0. The number of aliphatic hydroxyl groups excluding tert-OH is 1. The predicted molar refractivity (Wildman–Crippen MR) is 91.2 cm³/mol. The summed E-state index contributed by atoms with van der Waals surface area (Å²) in [7, 11) is 1.59. The van der Waals surface area contributed by atoms with E-state index in [1.54, 1.807) is 43.5 Å². The van der Waals surface area contributed by atoms with Gasteiger partial charge in [-0.05, 0) is 48.4 Å². The van der Waals surface area contributed by atoms with E-state index in [2.05, 4.69) is 10.6 Å². The summed E-state index contributed by atoms with van der Waals surface area (Å²) in [4.78, 5) is 11.9. The van der Waals surface area contributed by atoms with E-state index in [1.165, 1.54) is 0 Å². The zero-order valence-electron chi connectivity index (χ0n) is 13.0. The second-order valence-electron chi connectivity index (χ2n) is 5.08. The fourth-order valence-corrected chi connectivity index (χ4v) is 2.19. The molecule has 0 heterocycles. The Morgan fingerprint density at radius 1 is 1.26 bits per heavy atom. The van der Waals surface area contributed by atoms with Crippen molar-refractivity contribution in [3.8, 4) is 5.75 Å². The molecule has 3 N–H and O–H groups in total. The molecule has 2 rings (SSSR count). The van der Waals surface area contributed by atoms with Crippen LogP contribution >= 0.6 is 11.6 Å². The highest BCUT2D eigenvalue weighted by Gasteiger charge is 2.10. The van der Waals surface area contributed by atoms with Crippen LogP contribution in [0.4, 0.5) is 10.5 Å². The SMILES string of the molecule is COc1ccc(NC(=O)NCC(O)c2ccc(Cl)cc2)c(C)c1. The van der Waals surface area contributed by atoms with Gasteiger partial charge in [-0.1, -0.05) is 23.7 Å². The van der Waals surface area contributed by atoms with Crippen LogP contribution in [0.5, 0.6) is 5.75 Å². The van der Waals surface area contributed by atoms with Gasteiger partial charge in [-0.15, -0.1) is 0 Å². The second-order valence-corrected chi connectivity index (χ2v) is 5.52. The van der Waals surface area contributed by atoms with Crippen molar-refractivity contribution in [1.82, 2.24) is 5.32 Å². The molecule has 122 valence electrons. The van der Waals surface area contributed by atoms with Crippen LogP contribution in [0.2, 0.25) is 5.02 Å². The summed E-state index contributed by atoms with van der Waals surface area (Å²) >= 11 is 5.80. The van der Waals surface area contributed by atoms with Crippen molar-refractivity contribution in [3.63, 3.8) is 0 Å². The van der Waals surface area contributed by atoms with Gasteiger partial charge in [0.05, 0.1) is 13.2 Å². The summed E-state index contributed by atoms with van der Waals surface area (Å²) in [6.07, 6.45) is -0.796.